The summed E-state index contributed by atoms with van der Waals surface area (Å²) in [5, 5.41) is 9.72. The van der Waals surface area contributed by atoms with Gasteiger partial charge >= 0.3 is 0 Å². The number of fused-ring (bicyclic) bond motifs is 5. The summed E-state index contributed by atoms with van der Waals surface area (Å²) in [7, 11) is 0. The molecule has 0 radical (unpaired) electrons. The highest BCUT2D eigenvalue weighted by Crippen LogP contribution is 2.67. The summed E-state index contributed by atoms with van der Waals surface area (Å²) in [6.07, 6.45) is 8.78. The van der Waals surface area contributed by atoms with Crippen LogP contribution in [0.2, 0.25) is 0 Å². The number of nitrogens with zero attached hydrogens (tertiary/aromatic N) is 1. The van der Waals surface area contributed by atoms with Crippen LogP contribution < -0.4 is 0 Å². The van der Waals surface area contributed by atoms with E-state index in [2.05, 4.69) is 18.7 Å². The molecule has 1 N–H and O–H groups in total. The summed E-state index contributed by atoms with van der Waals surface area (Å²) in [5.41, 5.74) is 2.82. The molecule has 4 aliphatic rings. The van der Waals surface area contributed by atoms with Crippen LogP contribution in [-0.2, 0) is 4.79 Å². The Bertz CT molecular complexity index is 689. The van der Waals surface area contributed by atoms with Gasteiger partial charge in [-0.2, -0.15) is 0 Å². The zero-order valence-corrected chi connectivity index (χ0v) is 16.6. The van der Waals surface area contributed by atoms with Crippen molar-refractivity contribution in [2.24, 2.45) is 40.4 Å². The van der Waals surface area contributed by atoms with Gasteiger partial charge in [-0.15, -0.1) is 0 Å². The lowest BCUT2D eigenvalue weighted by Gasteiger charge is -2.60. The van der Waals surface area contributed by atoms with E-state index in [4.69, 9.17) is 6.57 Å². The van der Waals surface area contributed by atoms with Crippen LogP contribution in [0.1, 0.15) is 72.1 Å². The van der Waals surface area contributed by atoms with Crippen LogP contribution >= 0.6 is 0 Å². The molecule has 3 heteroatoms. The third-order valence-electron chi connectivity index (χ3n) is 9.26. The van der Waals surface area contributed by atoms with E-state index in [1.54, 1.807) is 0 Å². The quantitative estimate of drug-likeness (QED) is 0.672. The summed E-state index contributed by atoms with van der Waals surface area (Å²) in [6.45, 7) is 14.4. The third-order valence-corrected chi connectivity index (χ3v) is 9.26. The second-order valence-corrected chi connectivity index (χ2v) is 10.1. The number of ketones is 1. The number of carbonyl (C=O) groups is 1. The third kappa shape index (κ3) is 2.37. The van der Waals surface area contributed by atoms with Crippen molar-refractivity contribution in [2.75, 3.05) is 6.61 Å². The fraction of sp³-hybridized carbons (Fsp3) is 0.826. The molecule has 0 aromatic rings. The number of rotatable bonds is 1. The predicted molar refractivity (Wildman–Crippen MR) is 102 cm³/mol. The Morgan fingerprint density at radius 1 is 1.23 bits per heavy atom. The van der Waals surface area contributed by atoms with Gasteiger partial charge in [0.25, 0.3) is 0 Å². The molecule has 0 amide bonds. The fourth-order valence-electron chi connectivity index (χ4n) is 7.88. The van der Waals surface area contributed by atoms with Crippen molar-refractivity contribution in [2.45, 2.75) is 72.1 Å². The smallest absolute Gasteiger partial charge is 0.162 e. The number of aliphatic hydroxyl groups is 1. The number of hydrogen-bond acceptors (Lipinski definition) is 2. The number of carbonyl (C=O) groups excluding carboxylic acids is 1. The lowest BCUT2D eigenvalue weighted by molar-refractivity contribution is -0.147. The van der Waals surface area contributed by atoms with Crippen LogP contribution in [-0.4, -0.2) is 17.5 Å². The van der Waals surface area contributed by atoms with E-state index in [0.717, 1.165) is 24.5 Å². The Hall–Kier alpha value is -1.14. The molecule has 0 heterocycles. The summed E-state index contributed by atoms with van der Waals surface area (Å²) < 4.78 is 0. The molecule has 0 bridgehead atoms. The first-order valence-corrected chi connectivity index (χ1v) is 10.6. The largest absolute Gasteiger partial charge is 0.396 e. The molecule has 3 nitrogen and oxygen atoms in total. The lowest BCUT2D eigenvalue weighted by atomic mass is 9.44. The minimum atomic E-state index is -0.133. The van der Waals surface area contributed by atoms with E-state index in [1.165, 1.54) is 37.7 Å². The average molecular weight is 356 g/mol. The maximum Gasteiger partial charge on any atom is 0.162 e. The molecule has 26 heavy (non-hydrogen) atoms. The topological polar surface area (TPSA) is 41.7 Å². The maximum atomic E-state index is 12.4. The van der Waals surface area contributed by atoms with Crippen LogP contribution in [0.4, 0.5) is 0 Å². The van der Waals surface area contributed by atoms with E-state index < -0.39 is 0 Å². The van der Waals surface area contributed by atoms with Gasteiger partial charge in [0, 0.05) is 12.3 Å². The van der Waals surface area contributed by atoms with E-state index in [0.29, 0.717) is 30.0 Å². The van der Waals surface area contributed by atoms with Crippen LogP contribution in [0, 0.1) is 47.0 Å². The van der Waals surface area contributed by atoms with Gasteiger partial charge in [-0.25, -0.2) is 4.85 Å². The minimum absolute atomic E-state index is 0.0246. The van der Waals surface area contributed by atoms with Gasteiger partial charge in [0.2, 0.25) is 0 Å². The molecule has 4 fully saturated rings. The van der Waals surface area contributed by atoms with Gasteiger partial charge in [0.15, 0.2) is 5.70 Å². The summed E-state index contributed by atoms with van der Waals surface area (Å²) in [6, 6.07) is 0. The molecule has 0 aliphatic heterocycles. The second-order valence-electron chi connectivity index (χ2n) is 10.1. The first-order valence-electron chi connectivity index (χ1n) is 10.6. The Morgan fingerprint density at radius 3 is 2.69 bits per heavy atom. The van der Waals surface area contributed by atoms with Crippen LogP contribution in [0.5, 0.6) is 0 Å². The number of allylic oxidation sites excluding steroid dienone is 2. The van der Waals surface area contributed by atoms with E-state index >= 15 is 0 Å². The van der Waals surface area contributed by atoms with Gasteiger partial charge in [-0.05, 0) is 86.4 Å². The monoisotopic (exact) mass is 355 g/mol. The van der Waals surface area contributed by atoms with Crippen molar-refractivity contribution in [3.8, 4) is 0 Å². The molecular weight excluding hydrogens is 322 g/mol. The van der Waals surface area contributed by atoms with Gasteiger partial charge in [-0.1, -0.05) is 19.4 Å². The van der Waals surface area contributed by atoms with Crippen molar-refractivity contribution in [3.05, 3.63) is 22.7 Å². The van der Waals surface area contributed by atoms with Crippen LogP contribution in [0.15, 0.2) is 11.3 Å². The highest BCUT2D eigenvalue weighted by molar-refractivity contribution is 5.82. The molecule has 0 aromatic carbocycles. The van der Waals surface area contributed by atoms with Gasteiger partial charge < -0.3 is 5.11 Å². The molecule has 7 atom stereocenters. The maximum absolute atomic E-state index is 12.4. The molecule has 0 saturated heterocycles. The van der Waals surface area contributed by atoms with Crippen molar-refractivity contribution >= 4 is 5.78 Å². The SMILES string of the molecule is [C-]#[N+]/C(C)=C1/CC[C@H]2[C@@H]3CC[C@H]4CC(=O)[C@@H](CO)C[C@]4(C)[C@H]3CC[C@]12C. The highest BCUT2D eigenvalue weighted by Gasteiger charge is 2.60. The number of hydrogen-bond donors (Lipinski definition) is 1. The van der Waals surface area contributed by atoms with Crippen molar-refractivity contribution < 1.29 is 9.90 Å². The Morgan fingerprint density at radius 2 is 2.00 bits per heavy atom. The molecule has 0 unspecified atom stereocenters. The molecule has 0 spiro atoms. The molecule has 0 aromatic heterocycles. The Labute approximate surface area is 158 Å². The zero-order valence-electron chi connectivity index (χ0n) is 16.6. The normalized spacial score (nSPS) is 49.7. The molecule has 4 rings (SSSR count). The number of Topliss-reactive ketones (excluding diaryl/α,β-unsaturated/α-hetero) is 1. The van der Waals surface area contributed by atoms with Crippen molar-refractivity contribution in [1.82, 2.24) is 0 Å². The summed E-state index contributed by atoms with van der Waals surface area (Å²) >= 11 is 0. The molecule has 142 valence electrons. The van der Waals surface area contributed by atoms with Gasteiger partial charge in [0.05, 0.1) is 13.2 Å². The average Bonchev–Trinajstić information content (AvgIpc) is 2.98. The fourth-order valence-corrected chi connectivity index (χ4v) is 7.88. The van der Waals surface area contributed by atoms with Gasteiger partial charge in [0.1, 0.15) is 5.78 Å². The molecule has 4 saturated carbocycles. The van der Waals surface area contributed by atoms with Crippen LogP contribution in [0.3, 0.4) is 0 Å². The van der Waals surface area contributed by atoms with E-state index in [9.17, 15) is 9.90 Å². The second kappa shape index (κ2) is 6.20. The summed E-state index contributed by atoms with van der Waals surface area (Å²) in [5.74, 6) is 2.81. The first-order chi connectivity index (χ1) is 12.3. The van der Waals surface area contributed by atoms with Crippen LogP contribution in [0.25, 0.3) is 4.85 Å². The van der Waals surface area contributed by atoms with Crippen molar-refractivity contribution in [3.63, 3.8) is 0 Å². The minimum Gasteiger partial charge on any atom is -0.396 e. The molecular formula is C23H33NO2. The Balaban J connectivity index is 1.66. The summed E-state index contributed by atoms with van der Waals surface area (Å²) in [4.78, 5) is 16.2. The first kappa shape index (κ1) is 18.2. The van der Waals surface area contributed by atoms with Gasteiger partial charge in [-0.3, -0.25) is 4.79 Å². The highest BCUT2D eigenvalue weighted by atomic mass is 16.3. The molecule has 4 aliphatic carbocycles. The lowest BCUT2D eigenvalue weighted by Crippen LogP contribution is -2.54. The number of aliphatic hydroxyl groups excluding tert-OH is 1. The van der Waals surface area contributed by atoms with Crippen molar-refractivity contribution in [1.29, 1.82) is 0 Å². The predicted octanol–water partition coefficient (Wildman–Crippen LogP) is 5.01. The van der Waals surface area contributed by atoms with E-state index in [-0.39, 0.29) is 23.4 Å². The Kier molecular flexibility index (Phi) is 4.35. The zero-order chi connectivity index (χ0) is 18.7. The standard InChI is InChI=1S/C23H33NO2/c1-14(24-4)18-7-8-19-17-6-5-16-11-21(26)15(13-25)12-23(16,3)20(17)9-10-22(18,19)2/h15-17,19-20,25H,5-13H2,1-3H3/b18-14-/t15-,16+,17+,19+,20+,22-,23+/m1/s1. The van der Waals surface area contributed by atoms with E-state index in [1.807, 2.05) is 6.92 Å².